The Hall–Kier alpha value is -1.68. The van der Waals surface area contributed by atoms with Crippen molar-refractivity contribution in [1.82, 2.24) is 9.97 Å². The van der Waals surface area contributed by atoms with Gasteiger partial charge in [-0.1, -0.05) is 11.6 Å². The number of aromatic nitrogens is 2. The van der Waals surface area contributed by atoms with Gasteiger partial charge in [0, 0.05) is 18.0 Å². The lowest BCUT2D eigenvalue weighted by Gasteiger charge is -2.03. The van der Waals surface area contributed by atoms with Gasteiger partial charge in [-0.15, -0.1) is 0 Å². The number of hydrogen-bond acceptors (Lipinski definition) is 3. The smallest absolute Gasteiger partial charge is 0.149 e. The van der Waals surface area contributed by atoms with Crippen LogP contribution in [0.1, 0.15) is 0 Å². The van der Waals surface area contributed by atoms with Gasteiger partial charge in [0.25, 0.3) is 0 Å². The first-order chi connectivity index (χ1) is 7.18. The number of halogens is 2. The molecule has 0 aliphatic carbocycles. The second kappa shape index (κ2) is 3.82. The molecule has 76 valence electrons. The molecule has 2 rings (SSSR count). The predicted octanol–water partition coefficient (Wildman–Crippen LogP) is 2.52. The molecule has 0 atom stereocenters. The average Bonchev–Trinajstić information content (AvgIpc) is 2.23. The van der Waals surface area contributed by atoms with Crippen molar-refractivity contribution in [2.75, 3.05) is 5.73 Å². The molecule has 1 aromatic heterocycles. The zero-order valence-electron chi connectivity index (χ0n) is 7.61. The van der Waals surface area contributed by atoms with Crippen LogP contribution in [0, 0.1) is 5.82 Å². The highest BCUT2D eigenvalue weighted by Gasteiger charge is 2.07. The number of anilines is 1. The molecule has 0 unspecified atom stereocenters. The van der Waals surface area contributed by atoms with E-state index >= 15 is 0 Å². The second-order valence-corrected chi connectivity index (χ2v) is 3.33. The maximum atomic E-state index is 12.9. The summed E-state index contributed by atoms with van der Waals surface area (Å²) in [6, 6.07) is 4.30. The van der Waals surface area contributed by atoms with Gasteiger partial charge in [0.1, 0.15) is 17.3 Å². The van der Waals surface area contributed by atoms with Crippen molar-refractivity contribution in [3.8, 4) is 11.3 Å². The highest BCUT2D eigenvalue weighted by molar-refractivity contribution is 6.31. The Balaban J connectivity index is 2.55. The highest BCUT2D eigenvalue weighted by Crippen LogP contribution is 2.25. The normalized spacial score (nSPS) is 10.3. The van der Waals surface area contributed by atoms with Crippen molar-refractivity contribution < 1.29 is 4.39 Å². The predicted molar refractivity (Wildman–Crippen MR) is 56.8 cm³/mol. The molecule has 0 spiro atoms. The standard InChI is InChI=1S/C10H7ClFN3/c11-7-5-6(1-2-8(7)12)9-10(13)15-4-3-14-9/h1-5H,(H2,13,15). The molecule has 0 amide bonds. The van der Waals surface area contributed by atoms with Crippen LogP contribution in [-0.4, -0.2) is 9.97 Å². The Bertz CT molecular complexity index is 502. The van der Waals surface area contributed by atoms with Gasteiger partial charge in [-0.2, -0.15) is 0 Å². The fraction of sp³-hybridized carbons (Fsp3) is 0. The minimum Gasteiger partial charge on any atom is -0.382 e. The molecule has 2 N–H and O–H groups in total. The summed E-state index contributed by atoms with van der Waals surface area (Å²) in [5.74, 6) is -0.178. The quantitative estimate of drug-likeness (QED) is 0.808. The van der Waals surface area contributed by atoms with Gasteiger partial charge in [0.15, 0.2) is 0 Å². The topological polar surface area (TPSA) is 51.8 Å². The van der Waals surface area contributed by atoms with Crippen LogP contribution in [0.5, 0.6) is 0 Å². The summed E-state index contributed by atoms with van der Waals surface area (Å²) in [5, 5.41) is 0.0394. The van der Waals surface area contributed by atoms with Crippen LogP contribution in [0.15, 0.2) is 30.6 Å². The molecule has 5 heteroatoms. The Morgan fingerprint density at radius 3 is 2.60 bits per heavy atom. The van der Waals surface area contributed by atoms with Crippen molar-refractivity contribution in [3.05, 3.63) is 41.4 Å². The van der Waals surface area contributed by atoms with E-state index in [1.165, 1.54) is 24.5 Å². The maximum Gasteiger partial charge on any atom is 0.149 e. The van der Waals surface area contributed by atoms with E-state index < -0.39 is 5.82 Å². The molecule has 3 nitrogen and oxygen atoms in total. The Morgan fingerprint density at radius 1 is 1.20 bits per heavy atom. The van der Waals surface area contributed by atoms with Gasteiger partial charge in [-0.25, -0.2) is 9.37 Å². The lowest BCUT2D eigenvalue weighted by molar-refractivity contribution is 0.628. The summed E-state index contributed by atoms with van der Waals surface area (Å²) >= 11 is 5.65. The van der Waals surface area contributed by atoms with Gasteiger partial charge in [-0.05, 0) is 18.2 Å². The van der Waals surface area contributed by atoms with E-state index in [-0.39, 0.29) is 5.02 Å². The Kier molecular flexibility index (Phi) is 2.51. The molecule has 2 aromatic rings. The van der Waals surface area contributed by atoms with Crippen molar-refractivity contribution in [1.29, 1.82) is 0 Å². The third-order valence-electron chi connectivity index (χ3n) is 1.92. The molecule has 0 saturated carbocycles. The third kappa shape index (κ3) is 1.89. The second-order valence-electron chi connectivity index (χ2n) is 2.92. The zero-order chi connectivity index (χ0) is 10.8. The van der Waals surface area contributed by atoms with E-state index in [1.807, 2.05) is 0 Å². The zero-order valence-corrected chi connectivity index (χ0v) is 8.37. The third-order valence-corrected chi connectivity index (χ3v) is 2.21. The molecule has 0 aliphatic rings. The minimum atomic E-state index is -0.470. The number of nitrogen functional groups attached to an aromatic ring is 1. The van der Waals surface area contributed by atoms with E-state index in [0.717, 1.165) is 0 Å². The van der Waals surface area contributed by atoms with Crippen LogP contribution in [-0.2, 0) is 0 Å². The lowest BCUT2D eigenvalue weighted by atomic mass is 10.1. The van der Waals surface area contributed by atoms with Crippen LogP contribution in [0.25, 0.3) is 11.3 Å². The monoisotopic (exact) mass is 223 g/mol. The van der Waals surface area contributed by atoms with E-state index in [1.54, 1.807) is 6.07 Å². The van der Waals surface area contributed by atoms with Crippen LogP contribution < -0.4 is 5.73 Å². The molecule has 0 radical (unpaired) electrons. The SMILES string of the molecule is Nc1nccnc1-c1ccc(F)c(Cl)c1. The van der Waals surface area contributed by atoms with Crippen molar-refractivity contribution in [2.45, 2.75) is 0 Å². The van der Waals surface area contributed by atoms with Crippen molar-refractivity contribution >= 4 is 17.4 Å². The number of benzene rings is 1. The molecular formula is C10H7ClFN3. The number of rotatable bonds is 1. The summed E-state index contributed by atoms with van der Waals surface area (Å²) in [7, 11) is 0. The lowest BCUT2D eigenvalue weighted by Crippen LogP contribution is -1.96. The molecule has 0 aliphatic heterocycles. The molecule has 15 heavy (non-hydrogen) atoms. The molecule has 0 bridgehead atoms. The van der Waals surface area contributed by atoms with Crippen molar-refractivity contribution in [2.24, 2.45) is 0 Å². The van der Waals surface area contributed by atoms with Gasteiger partial charge >= 0.3 is 0 Å². The summed E-state index contributed by atoms with van der Waals surface area (Å²) < 4.78 is 12.9. The van der Waals surface area contributed by atoms with Gasteiger partial charge in [0.2, 0.25) is 0 Å². The van der Waals surface area contributed by atoms with Crippen LogP contribution in [0.4, 0.5) is 10.2 Å². The van der Waals surface area contributed by atoms with Crippen LogP contribution in [0.3, 0.4) is 0 Å². The van der Waals surface area contributed by atoms with Crippen LogP contribution in [0.2, 0.25) is 5.02 Å². The molecule has 0 fully saturated rings. The van der Waals surface area contributed by atoms with Gasteiger partial charge in [-0.3, -0.25) is 4.98 Å². The average molecular weight is 224 g/mol. The van der Waals surface area contributed by atoms with Crippen LogP contribution >= 0.6 is 11.6 Å². The number of nitrogens with zero attached hydrogens (tertiary/aromatic N) is 2. The summed E-state index contributed by atoms with van der Waals surface area (Å²) in [4.78, 5) is 7.94. The first-order valence-electron chi connectivity index (χ1n) is 4.20. The molecule has 1 aromatic carbocycles. The van der Waals surface area contributed by atoms with Gasteiger partial charge in [0.05, 0.1) is 5.02 Å². The van der Waals surface area contributed by atoms with E-state index in [4.69, 9.17) is 17.3 Å². The molecular weight excluding hydrogens is 217 g/mol. The van der Waals surface area contributed by atoms with E-state index in [2.05, 4.69) is 9.97 Å². The summed E-state index contributed by atoms with van der Waals surface area (Å²) in [6.45, 7) is 0. The first-order valence-corrected chi connectivity index (χ1v) is 4.58. The minimum absolute atomic E-state index is 0.0394. The van der Waals surface area contributed by atoms with E-state index in [0.29, 0.717) is 17.1 Å². The fourth-order valence-corrected chi connectivity index (χ4v) is 1.40. The fourth-order valence-electron chi connectivity index (χ4n) is 1.21. The molecule has 0 saturated heterocycles. The van der Waals surface area contributed by atoms with Crippen molar-refractivity contribution in [3.63, 3.8) is 0 Å². The number of nitrogens with two attached hydrogens (primary N) is 1. The summed E-state index contributed by atoms with van der Waals surface area (Å²) in [5.41, 5.74) is 6.78. The Morgan fingerprint density at radius 2 is 1.93 bits per heavy atom. The first kappa shape index (κ1) is 9.86. The maximum absolute atomic E-state index is 12.9. The molecule has 1 heterocycles. The van der Waals surface area contributed by atoms with E-state index in [9.17, 15) is 4.39 Å². The Labute approximate surface area is 90.7 Å². The highest BCUT2D eigenvalue weighted by atomic mass is 35.5. The van der Waals surface area contributed by atoms with Gasteiger partial charge < -0.3 is 5.73 Å². The number of hydrogen-bond donors (Lipinski definition) is 1. The largest absolute Gasteiger partial charge is 0.382 e. The summed E-state index contributed by atoms with van der Waals surface area (Å²) in [6.07, 6.45) is 3.01.